The first kappa shape index (κ1) is 24.6. The molecule has 0 aromatic carbocycles. The minimum absolute atomic E-state index is 0.0239. The Hall–Kier alpha value is -1.69. The molecule has 0 amide bonds. The second-order valence-electron chi connectivity index (χ2n) is 9.25. The standard InChI is InChI=1S/C25H38O5/c1-17(8-10-21-18(2)22(28)12-13-25(21,3)4)6-5-7-19(15-26)9-11-23-20(16-27)14-24(29)30-23/h6,9,14,22-23,26-28H,5,7-8,10-13,15-16H2,1-4H3/b17-6+,19-9-. The number of carbonyl (C=O) groups excluding carboxylic acids is 1. The summed E-state index contributed by atoms with van der Waals surface area (Å²) in [6.07, 6.45) is 10.6. The van der Waals surface area contributed by atoms with Crippen molar-refractivity contribution in [3.8, 4) is 0 Å². The van der Waals surface area contributed by atoms with E-state index in [1.807, 2.05) is 6.08 Å². The van der Waals surface area contributed by atoms with E-state index < -0.39 is 12.1 Å². The Labute approximate surface area is 180 Å². The number of aliphatic hydroxyl groups excluding tert-OH is 3. The largest absolute Gasteiger partial charge is 0.454 e. The van der Waals surface area contributed by atoms with Gasteiger partial charge in [0.25, 0.3) is 0 Å². The normalized spacial score (nSPS) is 24.9. The molecule has 1 aliphatic heterocycles. The van der Waals surface area contributed by atoms with E-state index in [0.29, 0.717) is 12.0 Å². The van der Waals surface area contributed by atoms with Crippen molar-refractivity contribution in [3.63, 3.8) is 0 Å². The van der Waals surface area contributed by atoms with E-state index in [9.17, 15) is 20.1 Å². The molecule has 2 rings (SSSR count). The quantitative estimate of drug-likeness (QED) is 0.367. The number of ether oxygens (including phenoxy) is 1. The molecule has 2 unspecified atom stereocenters. The lowest BCUT2D eigenvalue weighted by atomic mass is 9.70. The van der Waals surface area contributed by atoms with Crippen LogP contribution in [0.3, 0.4) is 0 Å². The summed E-state index contributed by atoms with van der Waals surface area (Å²) in [5.41, 5.74) is 5.51. The molecule has 5 heteroatoms. The minimum atomic E-state index is -0.424. The Morgan fingerprint density at radius 1 is 1.27 bits per heavy atom. The smallest absolute Gasteiger partial charge is 0.331 e. The number of aliphatic hydroxyl groups is 3. The number of esters is 1. The van der Waals surface area contributed by atoms with Crippen LogP contribution in [-0.2, 0) is 9.53 Å². The van der Waals surface area contributed by atoms with Crippen LogP contribution in [0.2, 0.25) is 0 Å². The molecule has 0 aromatic heterocycles. The van der Waals surface area contributed by atoms with E-state index in [2.05, 4.69) is 33.8 Å². The van der Waals surface area contributed by atoms with Crippen molar-refractivity contribution >= 4 is 5.97 Å². The average molecular weight is 419 g/mol. The lowest BCUT2D eigenvalue weighted by molar-refractivity contribution is -0.138. The van der Waals surface area contributed by atoms with Gasteiger partial charge in [-0.1, -0.05) is 37.1 Å². The maximum absolute atomic E-state index is 11.3. The highest BCUT2D eigenvalue weighted by Crippen LogP contribution is 2.42. The Kier molecular flexibility index (Phi) is 9.08. The summed E-state index contributed by atoms with van der Waals surface area (Å²) in [6.45, 7) is 8.54. The van der Waals surface area contributed by atoms with Gasteiger partial charge < -0.3 is 20.1 Å². The second-order valence-corrected chi connectivity index (χ2v) is 9.25. The number of cyclic esters (lactones) is 1. The van der Waals surface area contributed by atoms with E-state index in [0.717, 1.165) is 49.7 Å². The van der Waals surface area contributed by atoms with Crippen LogP contribution >= 0.6 is 0 Å². The molecule has 0 saturated carbocycles. The molecule has 2 atom stereocenters. The van der Waals surface area contributed by atoms with E-state index >= 15 is 0 Å². The molecule has 0 spiro atoms. The highest BCUT2D eigenvalue weighted by atomic mass is 16.5. The maximum atomic E-state index is 11.3. The molecule has 0 saturated heterocycles. The monoisotopic (exact) mass is 418 g/mol. The fraction of sp³-hybridized carbons (Fsp3) is 0.640. The van der Waals surface area contributed by atoms with Crippen molar-refractivity contribution in [2.45, 2.75) is 84.8 Å². The molecule has 0 bridgehead atoms. The molecule has 2 aliphatic rings. The molecule has 1 aliphatic carbocycles. The second kappa shape index (κ2) is 11.1. The van der Waals surface area contributed by atoms with Crippen LogP contribution in [0, 0.1) is 5.41 Å². The molecule has 0 radical (unpaired) electrons. The Bertz CT molecular complexity index is 739. The fourth-order valence-corrected chi connectivity index (χ4v) is 4.42. The zero-order valence-electron chi connectivity index (χ0n) is 18.9. The molecule has 5 nitrogen and oxygen atoms in total. The highest BCUT2D eigenvalue weighted by molar-refractivity contribution is 5.85. The lowest BCUT2D eigenvalue weighted by Gasteiger charge is -2.37. The van der Waals surface area contributed by atoms with Crippen LogP contribution < -0.4 is 0 Å². The van der Waals surface area contributed by atoms with Gasteiger partial charge in [-0.3, -0.25) is 0 Å². The zero-order chi connectivity index (χ0) is 22.3. The Morgan fingerprint density at radius 2 is 2.00 bits per heavy atom. The first-order valence-electron chi connectivity index (χ1n) is 11.0. The van der Waals surface area contributed by atoms with Gasteiger partial charge in [0.15, 0.2) is 0 Å². The van der Waals surface area contributed by atoms with Gasteiger partial charge in [0.1, 0.15) is 6.10 Å². The summed E-state index contributed by atoms with van der Waals surface area (Å²) in [5.74, 6) is -0.416. The first-order valence-corrected chi connectivity index (χ1v) is 11.0. The Balaban J connectivity index is 1.85. The van der Waals surface area contributed by atoms with Gasteiger partial charge >= 0.3 is 5.97 Å². The van der Waals surface area contributed by atoms with Crippen LogP contribution in [0.15, 0.2) is 46.1 Å². The van der Waals surface area contributed by atoms with Gasteiger partial charge in [0, 0.05) is 18.1 Å². The fourth-order valence-electron chi connectivity index (χ4n) is 4.42. The van der Waals surface area contributed by atoms with Crippen molar-refractivity contribution < 1.29 is 24.9 Å². The van der Waals surface area contributed by atoms with Crippen LogP contribution in [0.25, 0.3) is 0 Å². The van der Waals surface area contributed by atoms with E-state index in [-0.39, 0.29) is 24.7 Å². The van der Waals surface area contributed by atoms with Gasteiger partial charge in [-0.05, 0) is 68.9 Å². The van der Waals surface area contributed by atoms with E-state index in [1.54, 1.807) is 0 Å². The summed E-state index contributed by atoms with van der Waals surface area (Å²) >= 11 is 0. The van der Waals surface area contributed by atoms with Crippen LogP contribution in [0.4, 0.5) is 0 Å². The summed E-state index contributed by atoms with van der Waals surface area (Å²) in [6, 6.07) is 0. The van der Waals surface area contributed by atoms with Gasteiger partial charge in [-0.15, -0.1) is 0 Å². The molecule has 30 heavy (non-hydrogen) atoms. The number of hydrogen-bond donors (Lipinski definition) is 3. The molecule has 0 fully saturated rings. The predicted octanol–water partition coefficient (Wildman–Crippen LogP) is 4.14. The maximum Gasteiger partial charge on any atom is 0.331 e. The zero-order valence-corrected chi connectivity index (χ0v) is 18.9. The molecule has 168 valence electrons. The summed E-state index contributed by atoms with van der Waals surface area (Å²) in [7, 11) is 0. The van der Waals surface area contributed by atoms with Crippen molar-refractivity contribution in [2.75, 3.05) is 13.2 Å². The SMILES string of the molecule is CC1=C(CC/C(C)=C/CC/C(=C/CC2OC(=O)C=C2CO)CO)C(C)(C)CCC1O. The third-order valence-corrected chi connectivity index (χ3v) is 6.54. The molecule has 0 aromatic rings. The summed E-state index contributed by atoms with van der Waals surface area (Å²) < 4.78 is 5.17. The third kappa shape index (κ3) is 6.66. The summed E-state index contributed by atoms with van der Waals surface area (Å²) in [4.78, 5) is 11.3. The predicted molar refractivity (Wildman–Crippen MR) is 119 cm³/mol. The lowest BCUT2D eigenvalue weighted by Crippen LogP contribution is -2.28. The number of hydrogen-bond acceptors (Lipinski definition) is 5. The van der Waals surface area contributed by atoms with Gasteiger partial charge in [-0.2, -0.15) is 0 Å². The molecule has 3 N–H and O–H groups in total. The van der Waals surface area contributed by atoms with Crippen molar-refractivity contribution in [1.29, 1.82) is 0 Å². The number of carbonyl (C=O) groups is 1. The molecular formula is C25H38O5. The van der Waals surface area contributed by atoms with Crippen LogP contribution in [-0.4, -0.2) is 46.7 Å². The molecule has 1 heterocycles. The van der Waals surface area contributed by atoms with Crippen molar-refractivity contribution in [3.05, 3.63) is 46.1 Å². The van der Waals surface area contributed by atoms with Crippen LogP contribution in [0.1, 0.15) is 72.6 Å². The van der Waals surface area contributed by atoms with E-state index in [1.165, 1.54) is 17.2 Å². The van der Waals surface area contributed by atoms with Gasteiger partial charge in [0.05, 0.1) is 19.3 Å². The minimum Gasteiger partial charge on any atom is -0.454 e. The molecular weight excluding hydrogens is 380 g/mol. The van der Waals surface area contributed by atoms with Crippen molar-refractivity contribution in [1.82, 2.24) is 0 Å². The topological polar surface area (TPSA) is 87.0 Å². The van der Waals surface area contributed by atoms with E-state index in [4.69, 9.17) is 4.74 Å². The number of rotatable bonds is 10. The van der Waals surface area contributed by atoms with Gasteiger partial charge in [-0.25, -0.2) is 4.79 Å². The van der Waals surface area contributed by atoms with Crippen molar-refractivity contribution in [2.24, 2.45) is 5.41 Å². The first-order chi connectivity index (χ1) is 14.2. The Morgan fingerprint density at radius 3 is 2.67 bits per heavy atom. The third-order valence-electron chi connectivity index (χ3n) is 6.54. The summed E-state index contributed by atoms with van der Waals surface area (Å²) in [5, 5.41) is 29.1. The van der Waals surface area contributed by atoms with Gasteiger partial charge in [0.2, 0.25) is 0 Å². The van der Waals surface area contributed by atoms with Crippen LogP contribution in [0.5, 0.6) is 0 Å². The highest BCUT2D eigenvalue weighted by Gasteiger charge is 2.31. The average Bonchev–Trinajstić information content (AvgIpc) is 3.07. The number of allylic oxidation sites excluding steroid dienone is 3.